The number of halogens is 2. The second kappa shape index (κ2) is 7.23. The van der Waals surface area contributed by atoms with Gasteiger partial charge in [0.25, 0.3) is 11.1 Å². The summed E-state index contributed by atoms with van der Waals surface area (Å²) < 4.78 is -0.735. The summed E-state index contributed by atoms with van der Waals surface area (Å²) in [6.45, 7) is 0.0669. The molecule has 138 valence electrons. The van der Waals surface area contributed by atoms with Crippen LogP contribution in [0.25, 0.3) is 11.0 Å². The molecule has 1 N–H and O–H groups in total. The van der Waals surface area contributed by atoms with Gasteiger partial charge >= 0.3 is 0 Å². The van der Waals surface area contributed by atoms with Gasteiger partial charge in [0.15, 0.2) is 0 Å². The first-order valence-corrected chi connectivity index (χ1v) is 10.1. The van der Waals surface area contributed by atoms with Crippen LogP contribution in [0.2, 0.25) is 0 Å². The third-order valence-corrected chi connectivity index (χ3v) is 6.46. The second-order valence-electron chi connectivity index (χ2n) is 6.48. The molecular weight excluding hydrogens is 405 g/mol. The normalized spacial score (nSPS) is 19.6. The SMILES string of the molecule is O=C1SC(=C2CCC(Cl)(Cl)CC2)C(=O)N1CC#Cc1ccc2nc[nH]c2c1. The van der Waals surface area contributed by atoms with E-state index in [9.17, 15) is 9.59 Å². The minimum absolute atomic E-state index is 0.0669. The topological polar surface area (TPSA) is 66.1 Å². The fourth-order valence-corrected chi connectivity index (χ4v) is 4.49. The fourth-order valence-electron chi connectivity index (χ4n) is 3.13. The predicted octanol–water partition coefficient (Wildman–Crippen LogP) is 4.61. The Bertz CT molecular complexity index is 1020. The van der Waals surface area contributed by atoms with Gasteiger partial charge in [-0.2, -0.15) is 0 Å². The number of fused-ring (bicyclic) bond motifs is 1. The molecule has 0 radical (unpaired) electrons. The van der Waals surface area contributed by atoms with Gasteiger partial charge in [-0.1, -0.05) is 17.4 Å². The van der Waals surface area contributed by atoms with Gasteiger partial charge in [0.2, 0.25) is 0 Å². The number of carbonyl (C=O) groups excluding carboxylic acids is 2. The fraction of sp³-hybridized carbons (Fsp3) is 0.316. The summed E-state index contributed by atoms with van der Waals surface area (Å²) in [4.78, 5) is 33.8. The maximum absolute atomic E-state index is 12.6. The lowest BCUT2D eigenvalue weighted by molar-refractivity contribution is -0.122. The molecule has 1 aliphatic heterocycles. The monoisotopic (exact) mass is 419 g/mol. The molecule has 2 aliphatic rings. The van der Waals surface area contributed by atoms with E-state index in [-0.39, 0.29) is 17.7 Å². The molecule has 1 aromatic heterocycles. The molecule has 8 heteroatoms. The Morgan fingerprint density at radius 3 is 2.81 bits per heavy atom. The Morgan fingerprint density at radius 1 is 1.26 bits per heavy atom. The van der Waals surface area contributed by atoms with Crippen LogP contribution in [-0.4, -0.2) is 36.9 Å². The lowest BCUT2D eigenvalue weighted by atomic mass is 9.93. The Morgan fingerprint density at radius 2 is 2.04 bits per heavy atom. The third kappa shape index (κ3) is 3.86. The number of hydrogen-bond donors (Lipinski definition) is 1. The van der Waals surface area contributed by atoms with Crippen molar-refractivity contribution in [3.8, 4) is 11.8 Å². The second-order valence-corrected chi connectivity index (χ2v) is 9.09. The van der Waals surface area contributed by atoms with Crippen LogP contribution in [0.5, 0.6) is 0 Å². The molecule has 1 aromatic carbocycles. The van der Waals surface area contributed by atoms with E-state index >= 15 is 0 Å². The zero-order valence-corrected chi connectivity index (χ0v) is 16.5. The number of thioether (sulfide) groups is 1. The number of imidazole rings is 1. The summed E-state index contributed by atoms with van der Waals surface area (Å²) in [5.74, 6) is 5.65. The number of nitrogens with zero attached hydrogens (tertiary/aromatic N) is 2. The Hall–Kier alpha value is -1.94. The summed E-state index contributed by atoms with van der Waals surface area (Å²) in [6.07, 6.45) is 4.08. The number of hydrogen-bond acceptors (Lipinski definition) is 4. The summed E-state index contributed by atoms with van der Waals surface area (Å²) in [7, 11) is 0. The molecule has 0 spiro atoms. The number of amides is 2. The molecule has 0 bridgehead atoms. The highest BCUT2D eigenvalue weighted by atomic mass is 35.5. The van der Waals surface area contributed by atoms with Crippen molar-refractivity contribution in [1.82, 2.24) is 14.9 Å². The van der Waals surface area contributed by atoms with Gasteiger partial charge < -0.3 is 4.98 Å². The van der Waals surface area contributed by atoms with Crippen molar-refractivity contribution in [3.05, 3.63) is 40.6 Å². The molecule has 5 nitrogen and oxygen atoms in total. The summed E-state index contributed by atoms with van der Waals surface area (Å²) >= 11 is 13.3. The van der Waals surface area contributed by atoms with Gasteiger partial charge in [0.05, 0.1) is 28.8 Å². The van der Waals surface area contributed by atoms with Gasteiger partial charge in [-0.05, 0) is 55.6 Å². The van der Waals surface area contributed by atoms with E-state index in [1.54, 1.807) is 6.33 Å². The van der Waals surface area contributed by atoms with Gasteiger partial charge in [0, 0.05) is 5.56 Å². The van der Waals surface area contributed by atoms with E-state index in [2.05, 4.69) is 21.8 Å². The first kappa shape index (κ1) is 18.4. The van der Waals surface area contributed by atoms with Crippen LogP contribution >= 0.6 is 35.0 Å². The maximum Gasteiger partial charge on any atom is 0.294 e. The van der Waals surface area contributed by atoms with Crippen molar-refractivity contribution in [1.29, 1.82) is 0 Å². The third-order valence-electron chi connectivity index (χ3n) is 4.65. The van der Waals surface area contributed by atoms with Crippen molar-refractivity contribution in [2.24, 2.45) is 0 Å². The van der Waals surface area contributed by atoms with Crippen LogP contribution in [-0.2, 0) is 4.79 Å². The number of allylic oxidation sites excluding steroid dienone is 1. The number of rotatable bonds is 1. The number of H-pyrrole nitrogens is 1. The first-order chi connectivity index (χ1) is 12.9. The van der Waals surface area contributed by atoms with Crippen LogP contribution in [0.3, 0.4) is 0 Å². The lowest BCUT2D eigenvalue weighted by Crippen LogP contribution is -2.29. The van der Waals surface area contributed by atoms with Crippen molar-refractivity contribution in [2.75, 3.05) is 6.54 Å². The van der Waals surface area contributed by atoms with Crippen LogP contribution in [0.4, 0.5) is 4.79 Å². The van der Waals surface area contributed by atoms with Crippen molar-refractivity contribution in [2.45, 2.75) is 30.0 Å². The van der Waals surface area contributed by atoms with E-state index in [1.807, 2.05) is 18.2 Å². The standard InChI is InChI=1S/C19H15Cl2N3O2S/c20-19(21)7-5-13(6-8-19)16-17(25)24(18(26)27-16)9-1-2-12-3-4-14-15(10-12)23-11-22-14/h3-4,10-11H,5-9H2,(H,22,23). The molecule has 2 fully saturated rings. The minimum atomic E-state index is -0.735. The number of benzene rings is 1. The van der Waals surface area contributed by atoms with Gasteiger partial charge in [-0.15, -0.1) is 23.2 Å². The number of aromatic nitrogens is 2. The van der Waals surface area contributed by atoms with Crippen molar-refractivity contribution >= 4 is 57.1 Å². The van der Waals surface area contributed by atoms with Gasteiger partial charge in [-0.25, -0.2) is 4.98 Å². The lowest BCUT2D eigenvalue weighted by Gasteiger charge is -2.26. The first-order valence-electron chi connectivity index (χ1n) is 8.48. The average molecular weight is 420 g/mol. The smallest absolute Gasteiger partial charge is 0.294 e. The Labute approximate surface area is 170 Å². The van der Waals surface area contributed by atoms with Crippen LogP contribution in [0.1, 0.15) is 31.2 Å². The Kier molecular flexibility index (Phi) is 4.94. The summed E-state index contributed by atoms with van der Waals surface area (Å²) in [6, 6.07) is 5.62. The van der Waals surface area contributed by atoms with E-state index in [4.69, 9.17) is 23.2 Å². The zero-order valence-electron chi connectivity index (χ0n) is 14.2. The van der Waals surface area contributed by atoms with E-state index in [1.165, 1.54) is 4.90 Å². The molecule has 1 saturated carbocycles. The van der Waals surface area contributed by atoms with E-state index in [0.29, 0.717) is 30.6 Å². The molecule has 0 unspecified atom stereocenters. The maximum atomic E-state index is 12.6. The molecule has 4 rings (SSSR count). The average Bonchev–Trinajstić information content (AvgIpc) is 3.21. The number of carbonyl (C=O) groups is 2. The molecule has 2 aromatic rings. The summed E-state index contributed by atoms with van der Waals surface area (Å²) in [5, 5.41) is -0.283. The van der Waals surface area contributed by atoms with Crippen molar-refractivity contribution < 1.29 is 9.59 Å². The molecular formula is C19H15Cl2N3O2S. The molecule has 1 aliphatic carbocycles. The number of aromatic amines is 1. The largest absolute Gasteiger partial charge is 0.345 e. The highest BCUT2D eigenvalue weighted by Gasteiger charge is 2.38. The molecule has 1 saturated heterocycles. The minimum Gasteiger partial charge on any atom is -0.345 e. The highest BCUT2D eigenvalue weighted by Crippen LogP contribution is 2.44. The van der Waals surface area contributed by atoms with Gasteiger partial charge in [0.1, 0.15) is 4.33 Å². The quantitative estimate of drug-likeness (QED) is 0.416. The molecule has 2 heterocycles. The number of alkyl halides is 2. The highest BCUT2D eigenvalue weighted by molar-refractivity contribution is 8.18. The number of nitrogens with one attached hydrogen (secondary N) is 1. The van der Waals surface area contributed by atoms with Crippen molar-refractivity contribution in [3.63, 3.8) is 0 Å². The zero-order chi connectivity index (χ0) is 19.0. The van der Waals surface area contributed by atoms with Gasteiger partial charge in [-0.3, -0.25) is 14.5 Å². The number of imide groups is 1. The predicted molar refractivity (Wildman–Crippen MR) is 108 cm³/mol. The summed E-state index contributed by atoms with van der Waals surface area (Å²) in [5.41, 5.74) is 3.52. The van der Waals surface area contributed by atoms with Crippen LogP contribution in [0, 0.1) is 11.8 Å². The molecule has 2 amide bonds. The van der Waals surface area contributed by atoms with Crippen LogP contribution in [0.15, 0.2) is 35.0 Å². The van der Waals surface area contributed by atoms with Crippen LogP contribution < -0.4 is 0 Å². The van der Waals surface area contributed by atoms with E-state index < -0.39 is 4.33 Å². The Balaban J connectivity index is 1.47. The molecule has 27 heavy (non-hydrogen) atoms. The van der Waals surface area contributed by atoms with E-state index in [0.717, 1.165) is 33.9 Å². The molecule has 0 atom stereocenters.